The first-order chi connectivity index (χ1) is 11.5. The number of aromatic nitrogens is 1. The van der Waals surface area contributed by atoms with Crippen molar-refractivity contribution >= 4 is 5.91 Å². The van der Waals surface area contributed by atoms with Gasteiger partial charge in [0.1, 0.15) is 0 Å². The van der Waals surface area contributed by atoms with E-state index >= 15 is 0 Å². The predicted octanol–water partition coefficient (Wildman–Crippen LogP) is 3.38. The minimum absolute atomic E-state index is 0.224. The maximum atomic E-state index is 12.6. The maximum absolute atomic E-state index is 12.6. The van der Waals surface area contributed by atoms with Gasteiger partial charge < -0.3 is 5.32 Å². The SMILES string of the molecule is CC1(C)CCCC(C(=O)NC2CCN(Cc3cccnc3)CC2)C1. The summed E-state index contributed by atoms with van der Waals surface area (Å²) in [7, 11) is 0. The van der Waals surface area contributed by atoms with E-state index in [0.29, 0.717) is 17.4 Å². The van der Waals surface area contributed by atoms with Crippen molar-refractivity contribution in [1.29, 1.82) is 0 Å². The second kappa shape index (κ2) is 7.64. The Morgan fingerprint density at radius 3 is 2.79 bits per heavy atom. The first-order valence-corrected chi connectivity index (χ1v) is 9.43. The summed E-state index contributed by atoms with van der Waals surface area (Å²) in [4.78, 5) is 19.2. The highest BCUT2D eigenvalue weighted by Gasteiger charge is 2.33. The van der Waals surface area contributed by atoms with Crippen LogP contribution >= 0.6 is 0 Å². The molecule has 4 heteroatoms. The molecule has 0 aromatic carbocycles. The lowest BCUT2D eigenvalue weighted by Crippen LogP contribution is -2.47. The fourth-order valence-corrected chi connectivity index (χ4v) is 4.23. The fourth-order valence-electron chi connectivity index (χ4n) is 4.23. The average molecular weight is 329 g/mol. The summed E-state index contributed by atoms with van der Waals surface area (Å²) in [5.41, 5.74) is 1.59. The third-order valence-electron chi connectivity index (χ3n) is 5.64. The molecule has 1 amide bonds. The molecule has 1 N–H and O–H groups in total. The zero-order chi connectivity index (χ0) is 17.0. The van der Waals surface area contributed by atoms with E-state index in [1.807, 2.05) is 18.5 Å². The number of carbonyl (C=O) groups is 1. The lowest BCUT2D eigenvalue weighted by Gasteiger charge is -2.36. The highest BCUT2D eigenvalue weighted by atomic mass is 16.1. The Balaban J connectivity index is 1.43. The number of rotatable bonds is 4. The summed E-state index contributed by atoms with van der Waals surface area (Å²) >= 11 is 0. The Hall–Kier alpha value is -1.42. The predicted molar refractivity (Wildman–Crippen MR) is 96.4 cm³/mol. The molecule has 2 heterocycles. The molecule has 0 bridgehead atoms. The molecule has 4 nitrogen and oxygen atoms in total. The summed E-state index contributed by atoms with van der Waals surface area (Å²) in [6, 6.07) is 4.48. The van der Waals surface area contributed by atoms with Gasteiger partial charge in [0.25, 0.3) is 0 Å². The molecule has 1 saturated carbocycles. The number of nitrogens with one attached hydrogen (secondary N) is 1. The number of likely N-dealkylation sites (tertiary alicyclic amines) is 1. The summed E-state index contributed by atoms with van der Waals surface area (Å²) in [5, 5.41) is 3.33. The monoisotopic (exact) mass is 329 g/mol. The van der Waals surface area contributed by atoms with Crippen molar-refractivity contribution in [2.75, 3.05) is 13.1 Å². The van der Waals surface area contributed by atoms with Crippen LogP contribution in [-0.2, 0) is 11.3 Å². The van der Waals surface area contributed by atoms with Crippen molar-refractivity contribution in [1.82, 2.24) is 15.2 Å². The molecule has 2 fully saturated rings. The Labute approximate surface area is 146 Å². The molecule has 24 heavy (non-hydrogen) atoms. The number of hydrogen-bond donors (Lipinski definition) is 1. The summed E-state index contributed by atoms with van der Waals surface area (Å²) in [6.07, 6.45) is 10.4. The minimum Gasteiger partial charge on any atom is -0.353 e. The second-order valence-electron chi connectivity index (χ2n) is 8.38. The van der Waals surface area contributed by atoms with Gasteiger partial charge in [0.15, 0.2) is 0 Å². The number of hydrogen-bond acceptors (Lipinski definition) is 3. The van der Waals surface area contributed by atoms with E-state index < -0.39 is 0 Å². The highest BCUT2D eigenvalue weighted by molar-refractivity contribution is 5.79. The molecule has 1 aromatic rings. The minimum atomic E-state index is 0.224. The summed E-state index contributed by atoms with van der Waals surface area (Å²) < 4.78 is 0. The van der Waals surface area contributed by atoms with E-state index in [0.717, 1.165) is 45.3 Å². The van der Waals surface area contributed by atoms with Gasteiger partial charge in [0.05, 0.1) is 0 Å². The molecule has 1 aliphatic carbocycles. The van der Waals surface area contributed by atoms with Crippen molar-refractivity contribution in [2.45, 2.75) is 65.0 Å². The number of pyridine rings is 1. The van der Waals surface area contributed by atoms with Gasteiger partial charge in [-0.05, 0) is 49.1 Å². The molecule has 1 aliphatic heterocycles. The van der Waals surface area contributed by atoms with E-state index in [1.165, 1.54) is 18.4 Å². The van der Waals surface area contributed by atoms with Gasteiger partial charge in [-0.25, -0.2) is 0 Å². The Bertz CT molecular complexity index is 535. The van der Waals surface area contributed by atoms with Crippen LogP contribution in [0, 0.1) is 11.3 Å². The summed E-state index contributed by atoms with van der Waals surface area (Å²) in [5.74, 6) is 0.524. The lowest BCUT2D eigenvalue weighted by atomic mass is 9.72. The first-order valence-electron chi connectivity index (χ1n) is 9.43. The zero-order valence-electron chi connectivity index (χ0n) is 15.1. The van der Waals surface area contributed by atoms with Gasteiger partial charge in [0, 0.05) is 44.0 Å². The van der Waals surface area contributed by atoms with Crippen LogP contribution in [0.4, 0.5) is 0 Å². The maximum Gasteiger partial charge on any atom is 0.223 e. The molecular formula is C20H31N3O. The van der Waals surface area contributed by atoms with Crippen molar-refractivity contribution in [2.24, 2.45) is 11.3 Å². The molecule has 1 aromatic heterocycles. The standard InChI is InChI=1S/C20H31N3O/c1-20(2)9-3-6-17(13-20)19(24)22-18-7-11-23(12-8-18)15-16-5-4-10-21-14-16/h4-5,10,14,17-18H,3,6-9,11-13,15H2,1-2H3,(H,22,24). The van der Waals surface area contributed by atoms with Crippen molar-refractivity contribution in [3.05, 3.63) is 30.1 Å². The quantitative estimate of drug-likeness (QED) is 0.921. The van der Waals surface area contributed by atoms with Crippen LogP contribution in [0.2, 0.25) is 0 Å². The second-order valence-corrected chi connectivity index (χ2v) is 8.38. The largest absolute Gasteiger partial charge is 0.353 e. The van der Waals surface area contributed by atoms with E-state index in [2.05, 4.69) is 35.1 Å². The van der Waals surface area contributed by atoms with Crippen LogP contribution in [0.5, 0.6) is 0 Å². The smallest absolute Gasteiger partial charge is 0.223 e. The van der Waals surface area contributed by atoms with Gasteiger partial charge in [-0.3, -0.25) is 14.7 Å². The van der Waals surface area contributed by atoms with Crippen molar-refractivity contribution in [3.8, 4) is 0 Å². The lowest BCUT2D eigenvalue weighted by molar-refractivity contribution is -0.128. The van der Waals surface area contributed by atoms with Gasteiger partial charge in [0.2, 0.25) is 5.91 Å². The van der Waals surface area contributed by atoms with Crippen LogP contribution in [-0.4, -0.2) is 34.9 Å². The van der Waals surface area contributed by atoms with Crippen molar-refractivity contribution < 1.29 is 4.79 Å². The molecule has 0 radical (unpaired) electrons. The van der Waals surface area contributed by atoms with Crippen LogP contribution in [0.25, 0.3) is 0 Å². The van der Waals surface area contributed by atoms with E-state index in [4.69, 9.17) is 0 Å². The molecule has 132 valence electrons. The molecule has 2 aliphatic rings. The third-order valence-corrected chi connectivity index (χ3v) is 5.64. The van der Waals surface area contributed by atoms with Crippen LogP contribution < -0.4 is 5.32 Å². The van der Waals surface area contributed by atoms with Crippen LogP contribution in [0.3, 0.4) is 0 Å². The van der Waals surface area contributed by atoms with Gasteiger partial charge in [-0.2, -0.15) is 0 Å². The van der Waals surface area contributed by atoms with Crippen LogP contribution in [0.1, 0.15) is 57.9 Å². The zero-order valence-corrected chi connectivity index (χ0v) is 15.1. The number of amides is 1. The van der Waals surface area contributed by atoms with E-state index in [1.54, 1.807) is 0 Å². The Morgan fingerprint density at radius 1 is 1.33 bits per heavy atom. The number of nitrogens with zero attached hydrogens (tertiary/aromatic N) is 2. The van der Waals surface area contributed by atoms with E-state index in [-0.39, 0.29) is 5.92 Å². The number of carbonyl (C=O) groups excluding carboxylic acids is 1. The topological polar surface area (TPSA) is 45.2 Å². The fraction of sp³-hybridized carbons (Fsp3) is 0.700. The van der Waals surface area contributed by atoms with Gasteiger partial charge >= 0.3 is 0 Å². The average Bonchev–Trinajstić information content (AvgIpc) is 2.57. The Kier molecular flexibility index (Phi) is 5.54. The van der Waals surface area contributed by atoms with Crippen molar-refractivity contribution in [3.63, 3.8) is 0 Å². The van der Waals surface area contributed by atoms with E-state index in [9.17, 15) is 4.79 Å². The van der Waals surface area contributed by atoms with Gasteiger partial charge in [-0.15, -0.1) is 0 Å². The molecule has 1 unspecified atom stereocenters. The summed E-state index contributed by atoms with van der Waals surface area (Å²) in [6.45, 7) is 7.66. The first kappa shape index (κ1) is 17.4. The molecular weight excluding hydrogens is 298 g/mol. The highest BCUT2D eigenvalue weighted by Crippen LogP contribution is 2.38. The van der Waals surface area contributed by atoms with Crippen LogP contribution in [0.15, 0.2) is 24.5 Å². The third kappa shape index (κ3) is 4.79. The molecule has 0 spiro atoms. The number of piperidine rings is 1. The Morgan fingerprint density at radius 2 is 2.12 bits per heavy atom. The molecule has 1 saturated heterocycles. The van der Waals surface area contributed by atoms with Gasteiger partial charge in [-0.1, -0.05) is 26.3 Å². The molecule has 1 atom stereocenters. The molecule has 3 rings (SSSR count). The normalized spacial score (nSPS) is 25.3.